The van der Waals surface area contributed by atoms with Gasteiger partial charge in [0.15, 0.2) is 17.3 Å². The summed E-state index contributed by atoms with van der Waals surface area (Å²) in [5.41, 5.74) is -0.733. The maximum absolute atomic E-state index is 14.5. The van der Waals surface area contributed by atoms with Gasteiger partial charge in [-0.2, -0.15) is 13.4 Å². The molecule has 0 fully saturated rings. The van der Waals surface area contributed by atoms with E-state index in [9.17, 15) is 87.2 Å². The van der Waals surface area contributed by atoms with E-state index < -0.39 is 129 Å². The van der Waals surface area contributed by atoms with E-state index in [1.807, 2.05) is 0 Å². The van der Waals surface area contributed by atoms with Crippen LogP contribution in [-0.2, 0) is 71.0 Å². The van der Waals surface area contributed by atoms with Gasteiger partial charge in [0.25, 0.3) is 0 Å². The number of methoxy groups -OCH3 is 1. The summed E-state index contributed by atoms with van der Waals surface area (Å²) in [6.45, 7) is 3.43. The molecule has 29 heteroatoms. The molecule has 2 unspecified atom stereocenters. The zero-order chi connectivity index (χ0) is 53.3. The Balaban J connectivity index is 1.57. The predicted octanol–water partition coefficient (Wildman–Crippen LogP) is 3.99. The number of allylic oxidation sites excluding steroid dienone is 4. The van der Waals surface area contributed by atoms with Gasteiger partial charge in [-0.15, -0.1) is 0 Å². The van der Waals surface area contributed by atoms with Gasteiger partial charge in [0.05, 0.1) is 42.0 Å². The molecule has 0 saturated heterocycles. The lowest BCUT2D eigenvalue weighted by atomic mass is 9.75. The van der Waals surface area contributed by atoms with E-state index in [0.717, 1.165) is 24.3 Å². The van der Waals surface area contributed by atoms with Crippen molar-refractivity contribution < 1.29 is 101 Å². The van der Waals surface area contributed by atoms with Crippen molar-refractivity contribution in [2.24, 2.45) is 0 Å². The van der Waals surface area contributed by atoms with E-state index in [-0.39, 0.29) is 75.8 Å². The summed E-state index contributed by atoms with van der Waals surface area (Å²) in [6, 6.07) is 7.06. The first-order chi connectivity index (χ1) is 32.7. The lowest BCUT2D eigenvalue weighted by Gasteiger charge is -2.30. The highest BCUT2D eigenvalue weighted by Gasteiger charge is 2.48. The fourth-order valence-electron chi connectivity index (χ4n) is 8.78. The minimum atomic E-state index is -6.04. The molecule has 0 radical (unpaired) electrons. The van der Waals surface area contributed by atoms with E-state index in [4.69, 9.17) is 4.74 Å². The lowest BCUT2D eigenvalue weighted by molar-refractivity contribution is -0.438. The second-order valence-electron chi connectivity index (χ2n) is 16.9. The van der Waals surface area contributed by atoms with Gasteiger partial charge < -0.3 is 37.1 Å². The van der Waals surface area contributed by atoms with Crippen molar-refractivity contribution in [2.45, 2.75) is 90.7 Å². The van der Waals surface area contributed by atoms with Gasteiger partial charge in [0, 0.05) is 72.5 Å². The minimum Gasteiger partial charge on any atom is -0.748 e. The van der Waals surface area contributed by atoms with E-state index in [2.05, 4.69) is 4.74 Å². The fraction of sp³-hybridized carbons (Fsp3) is 0.429. The molecule has 2 atom stereocenters. The second kappa shape index (κ2) is 21.4. The Morgan fingerprint density at radius 1 is 0.690 bits per heavy atom. The molecule has 3 aromatic carbocycles. The molecular weight excluding hydrogens is 1060 g/mol. The number of esters is 1. The zero-order valence-corrected chi connectivity index (χ0v) is 41.8. The normalized spacial score (nSPS) is 19.3. The molecule has 20 nitrogen and oxygen atoms in total. The Kier molecular flexibility index (Phi) is 17.3. The van der Waals surface area contributed by atoms with E-state index in [1.165, 1.54) is 25.3 Å². The number of unbranched alkanes of at least 4 members (excludes halogenated alkanes) is 2. The molecule has 0 N–H and O–H groups in total. The molecule has 2 aliphatic rings. The van der Waals surface area contributed by atoms with Crippen LogP contribution in [0.3, 0.4) is 0 Å². The average Bonchev–Trinajstić information content (AvgIpc) is 3.61. The van der Waals surface area contributed by atoms with Gasteiger partial charge in [0.2, 0.25) is 23.1 Å². The minimum absolute atomic E-state index is 0.00124. The largest absolute Gasteiger partial charge is 0.748 e. The summed E-state index contributed by atoms with van der Waals surface area (Å²) >= 11 is 0. The van der Waals surface area contributed by atoms with E-state index in [0.29, 0.717) is 22.8 Å². The maximum atomic E-state index is 14.5. The van der Waals surface area contributed by atoms with Crippen LogP contribution in [0.25, 0.3) is 0 Å². The van der Waals surface area contributed by atoms with Crippen LogP contribution >= 0.6 is 0 Å². The number of hydrogen-bond acceptors (Lipinski definition) is 19. The molecule has 392 valence electrons. The Labute approximate surface area is 407 Å². The zero-order valence-electron chi connectivity index (χ0n) is 37.7. The molecule has 0 aromatic heterocycles. The molecule has 5 rings (SSSR count). The van der Waals surface area contributed by atoms with Crippen LogP contribution in [0, 0.1) is 23.3 Å². The highest BCUT2D eigenvalue weighted by molar-refractivity contribution is 7.86. The van der Waals surface area contributed by atoms with Crippen LogP contribution < -0.4 is 9.64 Å². The number of benzene rings is 3. The Hall–Kier alpha value is -4.69. The summed E-state index contributed by atoms with van der Waals surface area (Å²) in [5, 5.41) is 0. The monoisotopic (exact) mass is 1100 g/mol. The second-order valence-corrected chi connectivity index (χ2v) is 24.0. The molecule has 0 spiro atoms. The molecule has 0 aliphatic carbocycles. The van der Waals surface area contributed by atoms with Crippen LogP contribution in [0.2, 0.25) is 0 Å². The number of anilines is 1. The number of rotatable bonds is 23. The highest BCUT2D eigenvalue weighted by atomic mass is 32.2. The first-order valence-electron chi connectivity index (χ1n) is 21.1. The van der Waals surface area contributed by atoms with Crippen molar-refractivity contribution in [3.63, 3.8) is 0 Å². The molecule has 0 amide bonds. The van der Waals surface area contributed by atoms with Gasteiger partial charge in [-0.25, -0.2) is 50.9 Å². The number of hydrogen-bond donors (Lipinski definition) is 0. The van der Waals surface area contributed by atoms with Crippen molar-refractivity contribution in [1.82, 2.24) is 0 Å². The molecular formula is C42H44F4N2O18S5-4. The number of carbonyl (C=O) groups excluding carboxylic acids is 1. The Morgan fingerprint density at radius 3 is 1.75 bits per heavy atom. The van der Waals surface area contributed by atoms with Gasteiger partial charge in [0.1, 0.15) is 41.8 Å². The van der Waals surface area contributed by atoms with Crippen LogP contribution in [0.1, 0.15) is 76.3 Å². The third kappa shape index (κ3) is 13.1. The number of nitrogens with zero attached hydrogens (tertiary/aromatic N) is 2. The van der Waals surface area contributed by atoms with Gasteiger partial charge in [-0.3, -0.25) is 4.79 Å². The standard InChI is InChI=1S/C42H48F4N2O18S5/c1-41(17-8-22-67(50,51)52)28-24-26(69(56,57)58)13-15-30(28)47(19-6-4-5-12-34(49)66-39-35(43)37(45)40(71(62,63)64)38(46)36(39)44)32(41)10-7-11-33-42(2,18-9-23-68(53,54)55)29-25-27(70(59,60)61)14-16-31(29)48(33)20-21-65-3/h7,10-11,13-16,24-25H,4-6,8-9,12,17-23H2,1-3H3,(H4-,50,51,52,53,54,55,56,57,58,59,60,61,62,63,64)/p-4. The SMILES string of the molecule is COCCN1/C(=C/C=C/C2=[N+](CCCCCC(=O)Oc3c(F)c(F)c(S(=O)(=O)[O-])c(F)c3F)c3ccc(S(=O)(=O)[O-])cc3C2(C)CCCS(=O)(=O)[O-])C(C)(CCCS(=O)(=O)[O-])c2cc(S(=O)(=O)[O-])ccc21. The molecule has 71 heavy (non-hydrogen) atoms. The van der Waals surface area contributed by atoms with Gasteiger partial charge in [-0.1, -0.05) is 6.08 Å². The highest BCUT2D eigenvalue weighted by Crippen LogP contribution is 2.51. The molecule has 2 aliphatic heterocycles. The average molecular weight is 1100 g/mol. The van der Waals surface area contributed by atoms with Crippen molar-refractivity contribution in [2.75, 3.05) is 43.2 Å². The third-order valence-electron chi connectivity index (χ3n) is 12.1. The number of halogens is 4. The predicted molar refractivity (Wildman–Crippen MR) is 236 cm³/mol. The molecule has 0 bridgehead atoms. The number of carbonyl (C=O) groups is 1. The van der Waals surface area contributed by atoms with Gasteiger partial charge >= 0.3 is 5.97 Å². The number of fused-ring (bicyclic) bond motifs is 2. The summed E-state index contributed by atoms with van der Waals surface area (Å²) in [5.74, 6) is -15.2. The van der Waals surface area contributed by atoms with Crippen LogP contribution in [0.5, 0.6) is 5.75 Å². The third-order valence-corrected chi connectivity index (χ3v) is 16.2. The quantitative estimate of drug-likeness (QED) is 0.0246. The molecule has 3 aromatic rings. The lowest BCUT2D eigenvalue weighted by Crippen LogP contribution is -2.32. The van der Waals surface area contributed by atoms with Gasteiger partial charge in [-0.05, 0) is 94.3 Å². The van der Waals surface area contributed by atoms with Crippen LogP contribution in [-0.4, -0.2) is 119 Å². The van der Waals surface area contributed by atoms with Crippen molar-refractivity contribution in [3.8, 4) is 5.75 Å². The molecule has 2 heterocycles. The Bertz CT molecular complexity index is 3260. The summed E-state index contributed by atoms with van der Waals surface area (Å²) in [7, 11) is -24.3. The first-order valence-corrected chi connectivity index (χ1v) is 28.4. The van der Waals surface area contributed by atoms with E-state index in [1.54, 1.807) is 35.5 Å². The van der Waals surface area contributed by atoms with Crippen molar-refractivity contribution >= 4 is 73.6 Å². The first kappa shape index (κ1) is 57.2. The Morgan fingerprint density at radius 2 is 1.23 bits per heavy atom. The van der Waals surface area contributed by atoms with Crippen molar-refractivity contribution in [1.29, 1.82) is 0 Å². The fourth-order valence-corrected chi connectivity index (χ4v) is 11.4. The summed E-state index contributed by atoms with van der Waals surface area (Å²) < 4.78 is 246. The topological polar surface area (TPSA) is 328 Å². The van der Waals surface area contributed by atoms with Crippen LogP contribution in [0.4, 0.5) is 28.9 Å². The summed E-state index contributed by atoms with van der Waals surface area (Å²) in [6.07, 6.45) is 3.37. The van der Waals surface area contributed by atoms with E-state index >= 15 is 0 Å². The smallest absolute Gasteiger partial charge is 0.311 e. The molecule has 0 saturated carbocycles. The maximum Gasteiger partial charge on any atom is 0.311 e. The van der Waals surface area contributed by atoms with Crippen LogP contribution in [0.15, 0.2) is 75.0 Å². The summed E-state index contributed by atoms with van der Waals surface area (Å²) in [4.78, 5) is 10.6. The van der Waals surface area contributed by atoms with Crippen molar-refractivity contribution in [3.05, 3.63) is 94.7 Å². The number of ether oxygens (including phenoxy) is 2.